The molecule has 148 valence electrons. The summed E-state index contributed by atoms with van der Waals surface area (Å²) in [5.74, 6) is -2.42. The lowest BCUT2D eigenvalue weighted by molar-refractivity contribution is -0.122. The van der Waals surface area contributed by atoms with Crippen LogP contribution in [0.25, 0.3) is 5.69 Å². The summed E-state index contributed by atoms with van der Waals surface area (Å²) in [4.78, 5) is 30.1. The van der Waals surface area contributed by atoms with Gasteiger partial charge in [-0.05, 0) is 42.8 Å². The normalized spacial score (nSPS) is 16.3. The average molecular weight is 396 g/mol. The van der Waals surface area contributed by atoms with Crippen LogP contribution in [0.2, 0.25) is 0 Å². The monoisotopic (exact) mass is 396 g/mol. The van der Waals surface area contributed by atoms with Crippen LogP contribution in [0.4, 0.5) is 20.2 Å². The second kappa shape index (κ2) is 7.46. The van der Waals surface area contributed by atoms with Gasteiger partial charge in [-0.2, -0.15) is 0 Å². The van der Waals surface area contributed by atoms with E-state index in [-0.39, 0.29) is 30.2 Å². The van der Waals surface area contributed by atoms with Crippen LogP contribution in [0.1, 0.15) is 12.0 Å². The first-order chi connectivity index (χ1) is 13.9. The maximum atomic E-state index is 14.4. The molecule has 1 atom stereocenters. The Morgan fingerprint density at radius 3 is 2.59 bits per heavy atom. The minimum Gasteiger partial charge on any atom is -0.326 e. The van der Waals surface area contributed by atoms with Crippen LogP contribution in [0.15, 0.2) is 55.1 Å². The third-order valence-electron chi connectivity index (χ3n) is 4.89. The number of carbonyl (C=O) groups is 2. The standard InChI is InChI=1S/C21H18F2N4O2/c1-13-2-4-19(16(22)8-13)27-11-14(9-20(27)28)21(29)25-15-3-5-18(17(23)10-15)26-7-6-24-12-26/h2-8,10,12,14H,9,11H2,1H3,(H,25,29). The molecular weight excluding hydrogens is 378 g/mol. The van der Waals surface area contributed by atoms with Gasteiger partial charge in [-0.1, -0.05) is 6.07 Å². The minimum atomic E-state index is -0.653. The zero-order valence-corrected chi connectivity index (χ0v) is 15.6. The molecule has 3 aromatic rings. The molecule has 2 heterocycles. The quantitative estimate of drug-likeness (QED) is 0.735. The number of halogens is 2. The Balaban J connectivity index is 1.47. The number of aromatic nitrogens is 2. The first-order valence-electron chi connectivity index (χ1n) is 9.07. The van der Waals surface area contributed by atoms with Crippen molar-refractivity contribution >= 4 is 23.2 Å². The number of carbonyl (C=O) groups excluding carboxylic acids is 2. The second-order valence-electron chi connectivity index (χ2n) is 6.99. The van der Waals surface area contributed by atoms with E-state index in [2.05, 4.69) is 10.3 Å². The third kappa shape index (κ3) is 3.73. The first kappa shape index (κ1) is 18.8. The van der Waals surface area contributed by atoms with Gasteiger partial charge in [0.1, 0.15) is 11.6 Å². The van der Waals surface area contributed by atoms with E-state index in [0.29, 0.717) is 5.69 Å². The lowest BCUT2D eigenvalue weighted by Crippen LogP contribution is -2.28. The van der Waals surface area contributed by atoms with E-state index >= 15 is 0 Å². The van der Waals surface area contributed by atoms with Crippen molar-refractivity contribution in [2.75, 3.05) is 16.8 Å². The molecule has 1 aliphatic rings. The molecule has 2 aromatic carbocycles. The lowest BCUT2D eigenvalue weighted by Gasteiger charge is -2.18. The molecule has 1 N–H and O–H groups in total. The number of nitrogens with zero attached hydrogens (tertiary/aromatic N) is 3. The smallest absolute Gasteiger partial charge is 0.229 e. The fourth-order valence-electron chi connectivity index (χ4n) is 3.39. The van der Waals surface area contributed by atoms with Gasteiger partial charge in [-0.3, -0.25) is 9.59 Å². The highest BCUT2D eigenvalue weighted by atomic mass is 19.1. The Kier molecular flexibility index (Phi) is 4.84. The molecule has 0 aliphatic carbocycles. The summed E-state index contributed by atoms with van der Waals surface area (Å²) in [6, 6.07) is 8.91. The summed E-state index contributed by atoms with van der Waals surface area (Å²) >= 11 is 0. The van der Waals surface area contributed by atoms with Gasteiger partial charge < -0.3 is 14.8 Å². The van der Waals surface area contributed by atoms with Gasteiger partial charge in [-0.25, -0.2) is 13.8 Å². The van der Waals surface area contributed by atoms with Gasteiger partial charge in [0, 0.05) is 31.0 Å². The number of nitrogens with one attached hydrogen (secondary N) is 1. The molecule has 0 saturated carbocycles. The van der Waals surface area contributed by atoms with E-state index in [0.717, 1.165) is 5.56 Å². The number of benzene rings is 2. The summed E-state index contributed by atoms with van der Waals surface area (Å²) in [6.07, 6.45) is 4.59. The van der Waals surface area contributed by atoms with Gasteiger partial charge in [0.15, 0.2) is 0 Å². The Morgan fingerprint density at radius 1 is 1.14 bits per heavy atom. The van der Waals surface area contributed by atoms with Crippen molar-refractivity contribution in [2.24, 2.45) is 5.92 Å². The van der Waals surface area contributed by atoms with Crippen LogP contribution in [0.5, 0.6) is 0 Å². The summed E-state index contributed by atoms with van der Waals surface area (Å²) in [7, 11) is 0. The largest absolute Gasteiger partial charge is 0.326 e. The maximum Gasteiger partial charge on any atom is 0.229 e. The van der Waals surface area contributed by atoms with Crippen LogP contribution in [-0.4, -0.2) is 27.9 Å². The van der Waals surface area contributed by atoms with Gasteiger partial charge in [0.05, 0.1) is 23.6 Å². The lowest BCUT2D eigenvalue weighted by atomic mass is 10.1. The zero-order chi connectivity index (χ0) is 20.5. The highest BCUT2D eigenvalue weighted by Gasteiger charge is 2.36. The highest BCUT2D eigenvalue weighted by molar-refractivity contribution is 6.03. The van der Waals surface area contributed by atoms with Gasteiger partial charge >= 0.3 is 0 Å². The summed E-state index contributed by atoms with van der Waals surface area (Å²) < 4.78 is 30.1. The minimum absolute atomic E-state index is 0.0330. The number of aryl methyl sites for hydroxylation is 1. The molecule has 1 aliphatic heterocycles. The Bertz CT molecular complexity index is 1080. The van der Waals surface area contributed by atoms with Crippen molar-refractivity contribution in [3.8, 4) is 5.69 Å². The number of hydrogen-bond acceptors (Lipinski definition) is 3. The van der Waals surface area contributed by atoms with Crippen molar-refractivity contribution in [1.29, 1.82) is 0 Å². The first-order valence-corrected chi connectivity index (χ1v) is 9.07. The predicted octanol–water partition coefficient (Wildman–Crippen LogP) is 3.45. The number of amides is 2. The fraction of sp³-hybridized carbons (Fsp3) is 0.190. The number of hydrogen-bond donors (Lipinski definition) is 1. The van der Waals surface area contributed by atoms with Crippen molar-refractivity contribution in [3.63, 3.8) is 0 Å². The molecule has 0 bridgehead atoms. The Hall–Kier alpha value is -3.55. The molecule has 2 amide bonds. The SMILES string of the molecule is Cc1ccc(N2CC(C(=O)Nc3ccc(-n4ccnc4)c(F)c3)CC2=O)c(F)c1. The van der Waals surface area contributed by atoms with Crippen LogP contribution in [-0.2, 0) is 9.59 Å². The molecule has 1 fully saturated rings. The van der Waals surface area contributed by atoms with E-state index in [1.54, 1.807) is 25.3 Å². The van der Waals surface area contributed by atoms with Gasteiger partial charge in [0.25, 0.3) is 0 Å². The van der Waals surface area contributed by atoms with Crippen molar-refractivity contribution in [3.05, 3.63) is 72.3 Å². The van der Waals surface area contributed by atoms with Crippen LogP contribution in [0.3, 0.4) is 0 Å². The summed E-state index contributed by atoms with van der Waals surface area (Å²) in [5.41, 5.74) is 1.49. The number of imidazole rings is 1. The predicted molar refractivity (Wildman–Crippen MR) is 104 cm³/mol. The molecule has 6 nitrogen and oxygen atoms in total. The van der Waals surface area contributed by atoms with Crippen molar-refractivity contribution in [2.45, 2.75) is 13.3 Å². The topological polar surface area (TPSA) is 67.2 Å². The molecule has 29 heavy (non-hydrogen) atoms. The Morgan fingerprint density at radius 2 is 1.90 bits per heavy atom. The third-order valence-corrected chi connectivity index (χ3v) is 4.89. The van der Waals surface area contributed by atoms with Gasteiger partial charge in [-0.15, -0.1) is 0 Å². The molecule has 1 saturated heterocycles. The molecule has 1 aromatic heterocycles. The van der Waals surface area contributed by atoms with E-state index < -0.39 is 23.5 Å². The maximum absolute atomic E-state index is 14.4. The highest BCUT2D eigenvalue weighted by Crippen LogP contribution is 2.29. The molecule has 0 spiro atoms. The number of anilines is 2. The summed E-state index contributed by atoms with van der Waals surface area (Å²) in [6.45, 7) is 1.83. The molecular formula is C21H18F2N4O2. The van der Waals surface area contributed by atoms with E-state index in [4.69, 9.17) is 0 Å². The van der Waals surface area contributed by atoms with E-state index in [1.807, 2.05) is 0 Å². The Labute approximate surface area is 165 Å². The van der Waals surface area contributed by atoms with Crippen LogP contribution >= 0.6 is 0 Å². The molecule has 8 heteroatoms. The van der Waals surface area contributed by atoms with E-state index in [9.17, 15) is 18.4 Å². The number of rotatable bonds is 4. The molecule has 1 unspecified atom stereocenters. The second-order valence-corrected chi connectivity index (χ2v) is 6.99. The molecule has 4 rings (SSSR count). The molecule has 0 radical (unpaired) electrons. The van der Waals surface area contributed by atoms with Gasteiger partial charge in [0.2, 0.25) is 11.8 Å². The van der Waals surface area contributed by atoms with Crippen molar-refractivity contribution < 1.29 is 18.4 Å². The average Bonchev–Trinajstić information content (AvgIpc) is 3.32. The van der Waals surface area contributed by atoms with E-state index in [1.165, 1.54) is 46.3 Å². The van der Waals surface area contributed by atoms with Crippen LogP contribution in [0, 0.1) is 24.5 Å². The fourth-order valence-corrected chi connectivity index (χ4v) is 3.39. The van der Waals surface area contributed by atoms with Crippen LogP contribution < -0.4 is 10.2 Å². The zero-order valence-electron chi connectivity index (χ0n) is 15.6. The van der Waals surface area contributed by atoms with Crippen molar-refractivity contribution in [1.82, 2.24) is 9.55 Å². The summed E-state index contributed by atoms with van der Waals surface area (Å²) in [5, 5.41) is 2.64.